The summed E-state index contributed by atoms with van der Waals surface area (Å²) in [6, 6.07) is 21.5. The minimum absolute atomic E-state index is 0.0241. The summed E-state index contributed by atoms with van der Waals surface area (Å²) >= 11 is 0. The van der Waals surface area contributed by atoms with Crippen LogP contribution in [-0.4, -0.2) is 24.9 Å². The van der Waals surface area contributed by atoms with Gasteiger partial charge in [-0.2, -0.15) is 0 Å². The third-order valence-corrected chi connectivity index (χ3v) is 5.09. The van der Waals surface area contributed by atoms with Gasteiger partial charge >= 0.3 is 0 Å². The Labute approximate surface area is 189 Å². The van der Waals surface area contributed by atoms with Gasteiger partial charge in [-0.15, -0.1) is 0 Å². The highest BCUT2D eigenvalue weighted by molar-refractivity contribution is 5.94. The van der Waals surface area contributed by atoms with E-state index in [-0.39, 0.29) is 24.2 Å². The summed E-state index contributed by atoms with van der Waals surface area (Å²) in [5.41, 5.74) is 10.8. The van der Waals surface area contributed by atoms with Crippen molar-refractivity contribution in [3.63, 3.8) is 0 Å². The van der Waals surface area contributed by atoms with E-state index in [2.05, 4.69) is 24.5 Å². The molecule has 3 rings (SSSR count). The van der Waals surface area contributed by atoms with Gasteiger partial charge < -0.3 is 21.1 Å². The maximum atomic E-state index is 12.9. The van der Waals surface area contributed by atoms with Crippen LogP contribution in [0.25, 0.3) is 11.1 Å². The van der Waals surface area contributed by atoms with Crippen LogP contribution >= 0.6 is 0 Å². The Morgan fingerprint density at radius 1 is 1.03 bits per heavy atom. The van der Waals surface area contributed by atoms with Crippen LogP contribution in [0.5, 0.6) is 5.75 Å². The maximum absolute atomic E-state index is 12.9. The molecule has 0 bridgehead atoms. The van der Waals surface area contributed by atoms with Crippen molar-refractivity contribution in [2.75, 3.05) is 12.4 Å². The van der Waals surface area contributed by atoms with Crippen molar-refractivity contribution in [3.05, 3.63) is 83.4 Å². The Bertz CT molecular complexity index is 1080. The number of hydrogen-bond donors (Lipinski definition) is 4. The first kappa shape index (κ1) is 22.9. The summed E-state index contributed by atoms with van der Waals surface area (Å²) in [7, 11) is 1.63. The predicted octanol–water partition coefficient (Wildman–Crippen LogP) is 4.33. The standard InChI is InChI=1S/C26H30N4O2/c1-17(2)30-23-14-13-21(19-7-5-4-6-8-19)22(25(23)32-3)15-24(31)29-16-18-9-11-20(12-10-18)26(27)28/h4-14,17,30H,15-16H2,1-3H3,(H3,27,28)(H,29,31). The first-order valence-electron chi connectivity index (χ1n) is 10.6. The molecule has 0 aliphatic rings. The molecule has 6 heteroatoms. The molecule has 0 fully saturated rings. The van der Waals surface area contributed by atoms with E-state index in [1.54, 1.807) is 19.2 Å². The van der Waals surface area contributed by atoms with Crippen LogP contribution in [-0.2, 0) is 17.8 Å². The molecule has 0 unspecified atom stereocenters. The molecule has 0 radical (unpaired) electrons. The fourth-order valence-corrected chi connectivity index (χ4v) is 3.58. The topological polar surface area (TPSA) is 100 Å². The zero-order chi connectivity index (χ0) is 23.1. The number of anilines is 1. The van der Waals surface area contributed by atoms with Gasteiger partial charge in [-0.25, -0.2) is 0 Å². The molecule has 5 N–H and O–H groups in total. The van der Waals surface area contributed by atoms with Crippen LogP contribution in [0.4, 0.5) is 5.69 Å². The van der Waals surface area contributed by atoms with Gasteiger partial charge in [0.05, 0.1) is 19.2 Å². The normalized spacial score (nSPS) is 10.6. The number of carbonyl (C=O) groups excluding carboxylic acids is 1. The summed E-state index contributed by atoms with van der Waals surface area (Å²) in [5.74, 6) is 0.606. The fourth-order valence-electron chi connectivity index (χ4n) is 3.58. The smallest absolute Gasteiger partial charge is 0.224 e. The number of hydrogen-bond acceptors (Lipinski definition) is 4. The van der Waals surface area contributed by atoms with Gasteiger partial charge in [0.15, 0.2) is 0 Å². The van der Waals surface area contributed by atoms with E-state index in [9.17, 15) is 4.79 Å². The molecule has 1 amide bonds. The van der Waals surface area contributed by atoms with E-state index in [1.165, 1.54) is 0 Å². The van der Waals surface area contributed by atoms with Crippen molar-refractivity contribution in [3.8, 4) is 16.9 Å². The number of methoxy groups -OCH3 is 1. The molecule has 0 aliphatic carbocycles. The number of ether oxygens (including phenoxy) is 1. The lowest BCUT2D eigenvalue weighted by atomic mass is 9.95. The van der Waals surface area contributed by atoms with E-state index in [4.69, 9.17) is 15.9 Å². The Kier molecular flexibility index (Phi) is 7.49. The first-order chi connectivity index (χ1) is 15.4. The first-order valence-corrected chi connectivity index (χ1v) is 10.6. The number of nitrogens with two attached hydrogens (primary N) is 1. The fraction of sp³-hybridized carbons (Fsp3) is 0.231. The summed E-state index contributed by atoms with van der Waals surface area (Å²) in [6.45, 7) is 4.52. The Morgan fingerprint density at radius 2 is 1.72 bits per heavy atom. The molecule has 0 atom stereocenters. The maximum Gasteiger partial charge on any atom is 0.224 e. The second-order valence-corrected chi connectivity index (χ2v) is 7.90. The molecule has 32 heavy (non-hydrogen) atoms. The third-order valence-electron chi connectivity index (χ3n) is 5.09. The van der Waals surface area contributed by atoms with Crippen LogP contribution in [0.2, 0.25) is 0 Å². The largest absolute Gasteiger partial charge is 0.494 e. The zero-order valence-electron chi connectivity index (χ0n) is 18.7. The van der Waals surface area contributed by atoms with Gasteiger partial charge in [0.1, 0.15) is 11.6 Å². The van der Waals surface area contributed by atoms with Crippen LogP contribution in [0.15, 0.2) is 66.7 Å². The monoisotopic (exact) mass is 430 g/mol. The molecule has 3 aromatic carbocycles. The van der Waals surface area contributed by atoms with Crippen LogP contribution < -0.4 is 21.1 Å². The van der Waals surface area contributed by atoms with E-state index in [0.717, 1.165) is 27.9 Å². The Morgan fingerprint density at radius 3 is 2.31 bits per heavy atom. The summed E-state index contributed by atoms with van der Waals surface area (Å²) in [4.78, 5) is 12.9. The van der Waals surface area contributed by atoms with Crippen molar-refractivity contribution in [2.45, 2.75) is 32.9 Å². The van der Waals surface area contributed by atoms with Gasteiger partial charge in [0.25, 0.3) is 0 Å². The molecule has 166 valence electrons. The number of benzene rings is 3. The minimum atomic E-state index is -0.0992. The SMILES string of the molecule is COc1c(NC(C)C)ccc(-c2ccccc2)c1CC(=O)NCc1ccc(C(=N)N)cc1. The highest BCUT2D eigenvalue weighted by atomic mass is 16.5. The van der Waals surface area contributed by atoms with Crippen molar-refractivity contribution in [1.29, 1.82) is 5.41 Å². The highest BCUT2D eigenvalue weighted by Gasteiger charge is 2.19. The second-order valence-electron chi connectivity index (χ2n) is 7.90. The van der Waals surface area contributed by atoms with E-state index in [1.807, 2.05) is 54.6 Å². The lowest BCUT2D eigenvalue weighted by molar-refractivity contribution is -0.120. The molecule has 0 heterocycles. The number of carbonyl (C=O) groups is 1. The van der Waals surface area contributed by atoms with Crippen molar-refractivity contribution in [2.24, 2.45) is 5.73 Å². The van der Waals surface area contributed by atoms with Gasteiger partial charge in [0, 0.05) is 23.7 Å². The lowest BCUT2D eigenvalue weighted by Crippen LogP contribution is -2.25. The Balaban J connectivity index is 1.85. The third kappa shape index (κ3) is 5.66. The molecule has 0 aromatic heterocycles. The summed E-state index contributed by atoms with van der Waals surface area (Å²) in [5, 5.41) is 13.9. The van der Waals surface area contributed by atoms with Crippen molar-refractivity contribution < 1.29 is 9.53 Å². The van der Waals surface area contributed by atoms with Gasteiger partial charge in [-0.1, -0.05) is 60.7 Å². The zero-order valence-corrected chi connectivity index (χ0v) is 18.7. The molecular weight excluding hydrogens is 400 g/mol. The van der Waals surface area contributed by atoms with Gasteiger partial charge in [-0.3, -0.25) is 10.2 Å². The number of amides is 1. The van der Waals surface area contributed by atoms with Gasteiger partial charge in [-0.05, 0) is 36.6 Å². The van der Waals surface area contributed by atoms with E-state index in [0.29, 0.717) is 17.9 Å². The molecule has 3 aromatic rings. The van der Waals surface area contributed by atoms with E-state index < -0.39 is 0 Å². The van der Waals surface area contributed by atoms with Crippen LogP contribution in [0.1, 0.15) is 30.5 Å². The highest BCUT2D eigenvalue weighted by Crippen LogP contribution is 2.37. The van der Waals surface area contributed by atoms with E-state index >= 15 is 0 Å². The van der Waals surface area contributed by atoms with Gasteiger partial charge in [0.2, 0.25) is 5.91 Å². The molecule has 0 saturated heterocycles. The number of rotatable bonds is 9. The second kappa shape index (κ2) is 10.5. The molecule has 0 aliphatic heterocycles. The lowest BCUT2D eigenvalue weighted by Gasteiger charge is -2.20. The van der Waals surface area contributed by atoms with Crippen LogP contribution in [0, 0.1) is 5.41 Å². The average Bonchev–Trinajstić information content (AvgIpc) is 2.78. The number of nitrogens with one attached hydrogen (secondary N) is 3. The summed E-state index contributed by atoms with van der Waals surface area (Å²) in [6.07, 6.45) is 0.187. The quantitative estimate of drug-likeness (QED) is 0.300. The van der Waals surface area contributed by atoms with Crippen molar-refractivity contribution >= 4 is 17.4 Å². The molecule has 0 saturated carbocycles. The average molecular weight is 431 g/mol. The predicted molar refractivity (Wildman–Crippen MR) is 130 cm³/mol. The molecule has 6 nitrogen and oxygen atoms in total. The van der Waals surface area contributed by atoms with Crippen LogP contribution in [0.3, 0.4) is 0 Å². The number of amidine groups is 1. The molecule has 0 spiro atoms. The number of nitrogen functional groups attached to an aromatic ring is 1. The minimum Gasteiger partial charge on any atom is -0.494 e. The molecular formula is C26H30N4O2. The Hall–Kier alpha value is -3.80. The van der Waals surface area contributed by atoms with Crippen molar-refractivity contribution in [1.82, 2.24) is 5.32 Å². The summed E-state index contributed by atoms with van der Waals surface area (Å²) < 4.78 is 5.76.